The van der Waals surface area contributed by atoms with Crippen LogP contribution in [0.15, 0.2) is 12.4 Å². The zero-order chi connectivity index (χ0) is 9.80. The number of nitrogens with zero attached hydrogens (tertiary/aromatic N) is 3. The van der Waals surface area contributed by atoms with Gasteiger partial charge in [0.15, 0.2) is 5.82 Å². The molecule has 4 nitrogen and oxygen atoms in total. The maximum atomic E-state index is 5.05. The molecule has 0 radical (unpaired) electrons. The SMILES string of the molecule is COc1cncc(N2CCCCC2)n1. The lowest BCUT2D eigenvalue weighted by atomic mass is 10.1. The van der Waals surface area contributed by atoms with Gasteiger partial charge in [-0.15, -0.1) is 0 Å². The summed E-state index contributed by atoms with van der Waals surface area (Å²) in [7, 11) is 1.62. The number of aromatic nitrogens is 2. The van der Waals surface area contributed by atoms with Gasteiger partial charge in [0.2, 0.25) is 5.88 Å². The maximum Gasteiger partial charge on any atom is 0.233 e. The number of piperidine rings is 1. The molecule has 0 atom stereocenters. The Labute approximate surface area is 83.9 Å². The lowest BCUT2D eigenvalue weighted by Crippen LogP contribution is -2.30. The molecule has 2 heterocycles. The van der Waals surface area contributed by atoms with Crippen LogP contribution in [0.5, 0.6) is 5.88 Å². The van der Waals surface area contributed by atoms with E-state index in [4.69, 9.17) is 4.74 Å². The second kappa shape index (κ2) is 4.26. The van der Waals surface area contributed by atoms with Crippen LogP contribution in [0, 0.1) is 0 Å². The van der Waals surface area contributed by atoms with Crippen LogP contribution in [0.4, 0.5) is 5.82 Å². The van der Waals surface area contributed by atoms with Crippen molar-refractivity contribution in [1.82, 2.24) is 9.97 Å². The monoisotopic (exact) mass is 193 g/mol. The second-order valence-corrected chi connectivity index (χ2v) is 3.47. The molecule has 0 bridgehead atoms. The minimum Gasteiger partial charge on any atom is -0.480 e. The molecule has 1 aliphatic rings. The molecule has 0 aliphatic carbocycles. The number of methoxy groups -OCH3 is 1. The van der Waals surface area contributed by atoms with Crippen molar-refractivity contribution >= 4 is 5.82 Å². The van der Waals surface area contributed by atoms with Crippen molar-refractivity contribution in [1.29, 1.82) is 0 Å². The fraction of sp³-hybridized carbons (Fsp3) is 0.600. The van der Waals surface area contributed by atoms with E-state index < -0.39 is 0 Å². The quantitative estimate of drug-likeness (QED) is 0.713. The Balaban J connectivity index is 2.13. The molecule has 1 aromatic heterocycles. The third kappa shape index (κ3) is 1.95. The Morgan fingerprint density at radius 2 is 2.00 bits per heavy atom. The van der Waals surface area contributed by atoms with E-state index in [1.807, 2.05) is 0 Å². The van der Waals surface area contributed by atoms with Crippen molar-refractivity contribution in [3.63, 3.8) is 0 Å². The van der Waals surface area contributed by atoms with Crippen molar-refractivity contribution in [2.75, 3.05) is 25.1 Å². The molecular weight excluding hydrogens is 178 g/mol. The Bertz CT molecular complexity index is 297. The molecule has 4 heteroatoms. The average Bonchev–Trinajstić information content (AvgIpc) is 2.30. The third-order valence-corrected chi connectivity index (χ3v) is 2.49. The number of hydrogen-bond acceptors (Lipinski definition) is 4. The molecule has 1 aromatic rings. The molecule has 14 heavy (non-hydrogen) atoms. The minimum atomic E-state index is 0.591. The van der Waals surface area contributed by atoms with Crippen LogP contribution in [0.1, 0.15) is 19.3 Å². The summed E-state index contributed by atoms with van der Waals surface area (Å²) in [4.78, 5) is 10.7. The van der Waals surface area contributed by atoms with E-state index in [9.17, 15) is 0 Å². The normalized spacial score (nSPS) is 16.8. The van der Waals surface area contributed by atoms with Gasteiger partial charge in [-0.3, -0.25) is 4.98 Å². The molecule has 1 fully saturated rings. The van der Waals surface area contributed by atoms with Gasteiger partial charge in [0, 0.05) is 13.1 Å². The summed E-state index contributed by atoms with van der Waals surface area (Å²) in [5.41, 5.74) is 0. The Morgan fingerprint density at radius 1 is 1.21 bits per heavy atom. The largest absolute Gasteiger partial charge is 0.480 e. The van der Waals surface area contributed by atoms with Crippen molar-refractivity contribution in [3.8, 4) is 5.88 Å². The Hall–Kier alpha value is -1.32. The molecule has 2 rings (SSSR count). The number of ether oxygens (including phenoxy) is 1. The zero-order valence-corrected chi connectivity index (χ0v) is 8.44. The van der Waals surface area contributed by atoms with Gasteiger partial charge >= 0.3 is 0 Å². The van der Waals surface area contributed by atoms with Crippen LogP contribution in [-0.4, -0.2) is 30.2 Å². The fourth-order valence-electron chi connectivity index (χ4n) is 1.71. The van der Waals surface area contributed by atoms with Crippen molar-refractivity contribution < 1.29 is 4.74 Å². The second-order valence-electron chi connectivity index (χ2n) is 3.47. The number of hydrogen-bond donors (Lipinski definition) is 0. The molecule has 76 valence electrons. The van der Waals surface area contributed by atoms with Crippen LogP contribution in [-0.2, 0) is 0 Å². The van der Waals surface area contributed by atoms with Gasteiger partial charge in [0.25, 0.3) is 0 Å². The standard InChI is InChI=1S/C10H15N3O/c1-14-10-8-11-7-9(12-10)13-5-3-2-4-6-13/h7-8H,2-6H2,1H3. The average molecular weight is 193 g/mol. The van der Waals surface area contributed by atoms with Gasteiger partial charge in [-0.05, 0) is 19.3 Å². The molecule has 0 saturated carbocycles. The minimum absolute atomic E-state index is 0.591. The van der Waals surface area contributed by atoms with E-state index in [0.29, 0.717) is 5.88 Å². The zero-order valence-electron chi connectivity index (χ0n) is 8.44. The highest BCUT2D eigenvalue weighted by molar-refractivity contribution is 5.37. The summed E-state index contributed by atoms with van der Waals surface area (Å²) in [6.45, 7) is 2.17. The first-order valence-corrected chi connectivity index (χ1v) is 5.01. The van der Waals surface area contributed by atoms with Gasteiger partial charge in [0.1, 0.15) is 0 Å². The van der Waals surface area contributed by atoms with Gasteiger partial charge < -0.3 is 9.64 Å². The van der Waals surface area contributed by atoms with E-state index in [2.05, 4.69) is 14.9 Å². The Morgan fingerprint density at radius 3 is 2.71 bits per heavy atom. The van der Waals surface area contributed by atoms with Gasteiger partial charge in [0.05, 0.1) is 19.5 Å². The molecule has 1 saturated heterocycles. The first-order valence-electron chi connectivity index (χ1n) is 5.01. The smallest absolute Gasteiger partial charge is 0.233 e. The van der Waals surface area contributed by atoms with Crippen LogP contribution < -0.4 is 9.64 Å². The molecular formula is C10H15N3O. The van der Waals surface area contributed by atoms with Crippen molar-refractivity contribution in [2.45, 2.75) is 19.3 Å². The third-order valence-electron chi connectivity index (χ3n) is 2.49. The van der Waals surface area contributed by atoms with E-state index in [1.165, 1.54) is 19.3 Å². The number of rotatable bonds is 2. The van der Waals surface area contributed by atoms with Gasteiger partial charge in [-0.2, -0.15) is 4.98 Å². The van der Waals surface area contributed by atoms with E-state index in [-0.39, 0.29) is 0 Å². The van der Waals surface area contributed by atoms with Crippen LogP contribution in [0.25, 0.3) is 0 Å². The van der Waals surface area contributed by atoms with E-state index in [0.717, 1.165) is 18.9 Å². The topological polar surface area (TPSA) is 38.2 Å². The van der Waals surface area contributed by atoms with E-state index >= 15 is 0 Å². The molecule has 0 unspecified atom stereocenters. The van der Waals surface area contributed by atoms with Gasteiger partial charge in [-0.25, -0.2) is 0 Å². The molecule has 1 aliphatic heterocycles. The number of anilines is 1. The lowest BCUT2D eigenvalue weighted by Gasteiger charge is -2.27. The highest BCUT2D eigenvalue weighted by atomic mass is 16.5. The maximum absolute atomic E-state index is 5.05. The predicted molar refractivity (Wildman–Crippen MR) is 54.6 cm³/mol. The Kier molecular flexibility index (Phi) is 2.81. The van der Waals surface area contributed by atoms with E-state index in [1.54, 1.807) is 19.5 Å². The van der Waals surface area contributed by atoms with Gasteiger partial charge in [-0.1, -0.05) is 0 Å². The summed E-state index contributed by atoms with van der Waals surface area (Å²) in [5.74, 6) is 1.53. The van der Waals surface area contributed by atoms with Crippen LogP contribution in [0.3, 0.4) is 0 Å². The molecule has 0 amide bonds. The first-order chi connectivity index (χ1) is 6.90. The highest BCUT2D eigenvalue weighted by Gasteiger charge is 2.12. The highest BCUT2D eigenvalue weighted by Crippen LogP contribution is 2.18. The summed E-state index contributed by atoms with van der Waals surface area (Å²) in [6, 6.07) is 0. The fourth-order valence-corrected chi connectivity index (χ4v) is 1.71. The molecule has 0 N–H and O–H groups in total. The first kappa shape index (κ1) is 9.24. The summed E-state index contributed by atoms with van der Waals surface area (Å²) in [6.07, 6.45) is 7.26. The summed E-state index contributed by atoms with van der Waals surface area (Å²) >= 11 is 0. The molecule has 0 aromatic carbocycles. The van der Waals surface area contributed by atoms with Crippen molar-refractivity contribution in [3.05, 3.63) is 12.4 Å². The van der Waals surface area contributed by atoms with Crippen LogP contribution in [0.2, 0.25) is 0 Å². The predicted octanol–water partition coefficient (Wildman–Crippen LogP) is 1.48. The lowest BCUT2D eigenvalue weighted by molar-refractivity contribution is 0.395. The van der Waals surface area contributed by atoms with Crippen LogP contribution >= 0.6 is 0 Å². The molecule has 0 spiro atoms. The van der Waals surface area contributed by atoms with Crippen molar-refractivity contribution in [2.24, 2.45) is 0 Å². The summed E-state index contributed by atoms with van der Waals surface area (Å²) < 4.78 is 5.05. The summed E-state index contributed by atoms with van der Waals surface area (Å²) in [5, 5.41) is 0.